The van der Waals surface area contributed by atoms with Crippen molar-refractivity contribution in [1.29, 1.82) is 0 Å². The van der Waals surface area contributed by atoms with Crippen LogP contribution in [0.5, 0.6) is 0 Å². The molecule has 2 aliphatic rings. The lowest BCUT2D eigenvalue weighted by Gasteiger charge is -2.37. The summed E-state index contributed by atoms with van der Waals surface area (Å²) in [5.74, 6) is 0. The van der Waals surface area contributed by atoms with E-state index in [4.69, 9.17) is 4.74 Å². The van der Waals surface area contributed by atoms with Gasteiger partial charge in [-0.25, -0.2) is 0 Å². The highest BCUT2D eigenvalue weighted by Crippen LogP contribution is 2.36. The van der Waals surface area contributed by atoms with Gasteiger partial charge in [-0.2, -0.15) is 0 Å². The second-order valence-electron chi connectivity index (χ2n) is 7.15. The number of ether oxygens (including phenoxy) is 1. The van der Waals surface area contributed by atoms with Gasteiger partial charge in [0.1, 0.15) is 0 Å². The molecule has 3 nitrogen and oxygen atoms in total. The summed E-state index contributed by atoms with van der Waals surface area (Å²) in [4.78, 5) is 2.54. The molecule has 1 N–H and O–H groups in total. The minimum absolute atomic E-state index is 0.529. The third kappa shape index (κ3) is 5.71. The van der Waals surface area contributed by atoms with Crippen molar-refractivity contribution in [3.63, 3.8) is 0 Å². The summed E-state index contributed by atoms with van der Waals surface area (Å²) in [7, 11) is 4.09. The highest BCUT2D eigenvalue weighted by molar-refractivity contribution is 4.90. The number of nitrogens with one attached hydrogen (secondary N) is 1. The molecular formula is C17H34N2O. The highest BCUT2D eigenvalue weighted by atomic mass is 16.5. The molecule has 2 saturated carbocycles. The van der Waals surface area contributed by atoms with Crippen molar-refractivity contribution in [2.45, 2.75) is 63.8 Å². The van der Waals surface area contributed by atoms with Gasteiger partial charge in [0.05, 0.1) is 0 Å². The summed E-state index contributed by atoms with van der Waals surface area (Å²) in [6.45, 7) is 4.55. The fourth-order valence-corrected chi connectivity index (χ4v) is 3.65. The van der Waals surface area contributed by atoms with Crippen molar-refractivity contribution >= 4 is 0 Å². The van der Waals surface area contributed by atoms with Crippen molar-refractivity contribution in [3.8, 4) is 0 Å². The Morgan fingerprint density at radius 2 is 1.85 bits per heavy atom. The number of hydrogen-bond acceptors (Lipinski definition) is 3. The van der Waals surface area contributed by atoms with Crippen LogP contribution in [0.4, 0.5) is 0 Å². The molecule has 2 fully saturated rings. The fourth-order valence-electron chi connectivity index (χ4n) is 3.65. The first-order chi connectivity index (χ1) is 9.74. The normalized spacial score (nSPS) is 22.9. The maximum absolute atomic E-state index is 5.18. The summed E-state index contributed by atoms with van der Waals surface area (Å²) in [5, 5.41) is 3.82. The van der Waals surface area contributed by atoms with Crippen LogP contribution in [0.25, 0.3) is 0 Å². The van der Waals surface area contributed by atoms with Crippen LogP contribution in [-0.2, 0) is 4.74 Å². The van der Waals surface area contributed by atoms with E-state index in [2.05, 4.69) is 17.3 Å². The number of methoxy groups -OCH3 is 1. The molecule has 0 aromatic heterocycles. The molecular weight excluding hydrogens is 248 g/mol. The van der Waals surface area contributed by atoms with Gasteiger partial charge in [-0.05, 0) is 44.6 Å². The molecule has 0 unspecified atom stereocenters. The number of nitrogens with zero attached hydrogens (tertiary/aromatic N) is 1. The van der Waals surface area contributed by atoms with Gasteiger partial charge in [0, 0.05) is 39.4 Å². The van der Waals surface area contributed by atoms with Gasteiger partial charge in [0.15, 0.2) is 0 Å². The standard InChI is InChI=1S/C17H34N2O/c1-19(12-7-13-20-2)15-17(14-18-16-8-9-16)10-5-3-4-6-11-17/h16,18H,3-15H2,1-2H3. The van der Waals surface area contributed by atoms with Crippen LogP contribution in [0.2, 0.25) is 0 Å². The molecule has 118 valence electrons. The molecule has 0 aromatic carbocycles. The summed E-state index contributed by atoms with van der Waals surface area (Å²) in [6, 6.07) is 0.842. The molecule has 0 amide bonds. The zero-order chi connectivity index (χ0) is 14.3. The monoisotopic (exact) mass is 282 g/mol. The largest absolute Gasteiger partial charge is 0.385 e. The van der Waals surface area contributed by atoms with E-state index >= 15 is 0 Å². The van der Waals surface area contributed by atoms with Gasteiger partial charge in [-0.15, -0.1) is 0 Å². The topological polar surface area (TPSA) is 24.5 Å². The van der Waals surface area contributed by atoms with Gasteiger partial charge in [0.25, 0.3) is 0 Å². The van der Waals surface area contributed by atoms with Crippen molar-refractivity contribution in [3.05, 3.63) is 0 Å². The maximum atomic E-state index is 5.18. The lowest BCUT2D eigenvalue weighted by atomic mass is 9.79. The average Bonchev–Trinajstić information content (AvgIpc) is 3.25. The van der Waals surface area contributed by atoms with E-state index in [0.29, 0.717) is 5.41 Å². The Morgan fingerprint density at radius 1 is 1.15 bits per heavy atom. The lowest BCUT2D eigenvalue weighted by Crippen LogP contribution is -2.43. The van der Waals surface area contributed by atoms with Gasteiger partial charge in [-0.3, -0.25) is 0 Å². The average molecular weight is 282 g/mol. The number of rotatable bonds is 9. The molecule has 0 radical (unpaired) electrons. The highest BCUT2D eigenvalue weighted by Gasteiger charge is 2.34. The second-order valence-corrected chi connectivity index (χ2v) is 7.15. The smallest absolute Gasteiger partial charge is 0.0474 e. The fraction of sp³-hybridized carbons (Fsp3) is 1.00. The molecule has 0 heterocycles. The Bertz CT molecular complexity index is 258. The third-order valence-corrected chi connectivity index (χ3v) is 5.00. The first kappa shape index (κ1) is 16.3. The molecule has 2 rings (SSSR count). The van der Waals surface area contributed by atoms with Crippen LogP contribution in [-0.4, -0.2) is 51.3 Å². The SMILES string of the molecule is COCCCN(C)CC1(CNC2CC2)CCCCCC1. The van der Waals surface area contributed by atoms with Gasteiger partial charge in [-0.1, -0.05) is 25.7 Å². The van der Waals surface area contributed by atoms with Crippen molar-refractivity contribution in [2.75, 3.05) is 40.4 Å². The summed E-state index contributed by atoms with van der Waals surface area (Å²) >= 11 is 0. The second kappa shape index (κ2) is 8.35. The summed E-state index contributed by atoms with van der Waals surface area (Å²) in [5.41, 5.74) is 0.529. The molecule has 0 bridgehead atoms. The van der Waals surface area contributed by atoms with E-state index in [-0.39, 0.29) is 0 Å². The summed E-state index contributed by atoms with van der Waals surface area (Å²) < 4.78 is 5.18. The van der Waals surface area contributed by atoms with Gasteiger partial charge >= 0.3 is 0 Å². The molecule has 0 saturated heterocycles. The predicted molar refractivity (Wildman–Crippen MR) is 85.1 cm³/mol. The zero-order valence-electron chi connectivity index (χ0n) is 13.6. The molecule has 0 aliphatic heterocycles. The summed E-state index contributed by atoms with van der Waals surface area (Å²) in [6.07, 6.45) is 12.5. The van der Waals surface area contributed by atoms with Crippen LogP contribution in [0.15, 0.2) is 0 Å². The Kier molecular flexibility index (Phi) is 6.79. The molecule has 0 spiro atoms. The molecule has 0 aromatic rings. The van der Waals surface area contributed by atoms with E-state index < -0.39 is 0 Å². The quantitative estimate of drug-likeness (QED) is 0.519. The van der Waals surface area contributed by atoms with E-state index in [9.17, 15) is 0 Å². The predicted octanol–water partition coefficient (Wildman–Crippen LogP) is 3.05. The minimum atomic E-state index is 0.529. The molecule has 3 heteroatoms. The Labute approximate surface area is 125 Å². The Balaban J connectivity index is 1.82. The maximum Gasteiger partial charge on any atom is 0.0474 e. The minimum Gasteiger partial charge on any atom is -0.385 e. The first-order valence-electron chi connectivity index (χ1n) is 8.65. The van der Waals surface area contributed by atoms with Gasteiger partial charge in [0.2, 0.25) is 0 Å². The molecule has 20 heavy (non-hydrogen) atoms. The van der Waals surface area contributed by atoms with E-state index in [1.54, 1.807) is 7.11 Å². The van der Waals surface area contributed by atoms with E-state index in [1.807, 2.05) is 0 Å². The third-order valence-electron chi connectivity index (χ3n) is 5.00. The van der Waals surface area contributed by atoms with Crippen LogP contribution in [0.1, 0.15) is 57.8 Å². The van der Waals surface area contributed by atoms with Crippen LogP contribution in [0.3, 0.4) is 0 Å². The Hall–Kier alpha value is -0.120. The molecule has 2 aliphatic carbocycles. The van der Waals surface area contributed by atoms with Crippen molar-refractivity contribution in [2.24, 2.45) is 5.41 Å². The lowest BCUT2D eigenvalue weighted by molar-refractivity contribution is 0.129. The van der Waals surface area contributed by atoms with Crippen molar-refractivity contribution in [1.82, 2.24) is 10.2 Å². The van der Waals surface area contributed by atoms with Crippen molar-refractivity contribution < 1.29 is 4.74 Å². The number of hydrogen-bond donors (Lipinski definition) is 1. The first-order valence-corrected chi connectivity index (χ1v) is 8.65. The van der Waals surface area contributed by atoms with E-state index in [0.717, 1.165) is 19.1 Å². The van der Waals surface area contributed by atoms with Crippen LogP contribution in [0, 0.1) is 5.41 Å². The van der Waals surface area contributed by atoms with Crippen LogP contribution < -0.4 is 5.32 Å². The Morgan fingerprint density at radius 3 is 2.45 bits per heavy atom. The van der Waals surface area contributed by atoms with E-state index in [1.165, 1.54) is 71.0 Å². The van der Waals surface area contributed by atoms with Gasteiger partial charge < -0.3 is 15.0 Å². The molecule has 0 atom stereocenters. The zero-order valence-corrected chi connectivity index (χ0v) is 13.6. The van der Waals surface area contributed by atoms with Crippen LogP contribution >= 0.6 is 0 Å².